The summed E-state index contributed by atoms with van der Waals surface area (Å²) >= 11 is 0. The van der Waals surface area contributed by atoms with Gasteiger partial charge in [-0.15, -0.1) is 0 Å². The molecule has 0 amide bonds. The van der Waals surface area contributed by atoms with Crippen LogP contribution in [0.1, 0.15) is 34.5 Å². The fraction of sp³-hybridized carbons (Fsp3) is 0.105. The lowest BCUT2D eigenvalue weighted by Gasteiger charge is -2.10. The highest BCUT2D eigenvalue weighted by Gasteiger charge is 2.20. The first-order valence-corrected chi connectivity index (χ1v) is 7.41. The van der Waals surface area contributed by atoms with E-state index >= 15 is 0 Å². The minimum Gasteiger partial charge on any atom is -0.361 e. The van der Waals surface area contributed by atoms with Gasteiger partial charge < -0.3 is 9.97 Å². The highest BCUT2D eigenvalue weighted by molar-refractivity contribution is 5.99. The summed E-state index contributed by atoms with van der Waals surface area (Å²) in [5.74, 6) is 0.115. The summed E-state index contributed by atoms with van der Waals surface area (Å²) in [6.45, 7) is 2.13. The molecule has 0 fully saturated rings. The lowest BCUT2D eigenvalue weighted by molar-refractivity contribution is 0.112. The zero-order chi connectivity index (χ0) is 15.1. The van der Waals surface area contributed by atoms with Crippen molar-refractivity contribution in [2.45, 2.75) is 12.8 Å². The van der Waals surface area contributed by atoms with E-state index in [2.05, 4.69) is 29.0 Å². The number of benzene rings is 2. The Morgan fingerprint density at radius 2 is 1.64 bits per heavy atom. The number of aromatic nitrogens is 2. The van der Waals surface area contributed by atoms with Gasteiger partial charge in [-0.05, 0) is 17.7 Å². The van der Waals surface area contributed by atoms with Crippen molar-refractivity contribution in [3.05, 3.63) is 71.5 Å². The quantitative estimate of drug-likeness (QED) is 0.531. The van der Waals surface area contributed by atoms with Crippen LogP contribution in [-0.4, -0.2) is 16.3 Å². The summed E-state index contributed by atoms with van der Waals surface area (Å²) in [5.41, 5.74) is 5.05. The fourth-order valence-corrected chi connectivity index (χ4v) is 3.26. The molecule has 2 aromatic carbocycles. The monoisotopic (exact) mass is 288 g/mol. The Labute approximate surface area is 128 Å². The molecule has 0 aliphatic carbocycles. The molecule has 1 atom stereocenters. The third-order valence-corrected chi connectivity index (χ3v) is 4.42. The van der Waals surface area contributed by atoms with E-state index in [0.717, 1.165) is 34.0 Å². The van der Waals surface area contributed by atoms with E-state index in [-0.39, 0.29) is 5.92 Å². The van der Waals surface area contributed by atoms with Gasteiger partial charge >= 0.3 is 0 Å². The van der Waals surface area contributed by atoms with E-state index in [4.69, 9.17) is 0 Å². The molecule has 0 spiro atoms. The van der Waals surface area contributed by atoms with Crippen molar-refractivity contribution >= 4 is 28.1 Å². The normalized spacial score (nSPS) is 12.8. The van der Waals surface area contributed by atoms with Crippen LogP contribution in [0.4, 0.5) is 0 Å². The molecule has 0 saturated carbocycles. The van der Waals surface area contributed by atoms with Crippen LogP contribution in [0.5, 0.6) is 0 Å². The minimum atomic E-state index is 0.115. The van der Waals surface area contributed by atoms with Crippen LogP contribution in [0.2, 0.25) is 0 Å². The number of hydrogen-bond donors (Lipinski definition) is 2. The molecule has 0 radical (unpaired) electrons. The minimum absolute atomic E-state index is 0.115. The molecule has 0 aliphatic rings. The largest absolute Gasteiger partial charge is 0.361 e. The second-order valence-electron chi connectivity index (χ2n) is 5.63. The van der Waals surface area contributed by atoms with Gasteiger partial charge in [0.2, 0.25) is 0 Å². The average Bonchev–Trinajstić information content (AvgIpc) is 3.15. The van der Waals surface area contributed by atoms with Gasteiger partial charge in [-0.1, -0.05) is 43.3 Å². The van der Waals surface area contributed by atoms with Gasteiger partial charge in [-0.2, -0.15) is 0 Å². The van der Waals surface area contributed by atoms with Gasteiger partial charge in [0.15, 0.2) is 6.29 Å². The van der Waals surface area contributed by atoms with Crippen molar-refractivity contribution in [1.82, 2.24) is 9.97 Å². The van der Waals surface area contributed by atoms with Crippen molar-refractivity contribution in [3.8, 4) is 0 Å². The van der Waals surface area contributed by atoms with Crippen LogP contribution in [0.3, 0.4) is 0 Å². The van der Waals surface area contributed by atoms with Crippen LogP contribution in [0.25, 0.3) is 21.8 Å². The highest BCUT2D eigenvalue weighted by Crippen LogP contribution is 2.34. The van der Waals surface area contributed by atoms with Crippen molar-refractivity contribution in [1.29, 1.82) is 0 Å². The van der Waals surface area contributed by atoms with Gasteiger partial charge in [0, 0.05) is 45.2 Å². The third-order valence-electron chi connectivity index (χ3n) is 4.42. The molecule has 2 aromatic heterocycles. The van der Waals surface area contributed by atoms with Crippen LogP contribution in [0, 0.1) is 0 Å². The van der Waals surface area contributed by atoms with Gasteiger partial charge in [0.25, 0.3) is 0 Å². The third kappa shape index (κ3) is 1.79. The number of rotatable bonds is 3. The lowest BCUT2D eigenvalue weighted by Crippen LogP contribution is -1.99. The molecule has 3 nitrogen and oxygen atoms in total. The van der Waals surface area contributed by atoms with Gasteiger partial charge in [-0.25, -0.2) is 0 Å². The number of H-pyrrole nitrogens is 2. The molecule has 0 bridgehead atoms. The molecule has 108 valence electrons. The molecule has 3 heteroatoms. The van der Waals surface area contributed by atoms with Crippen LogP contribution < -0.4 is 0 Å². The molecule has 22 heavy (non-hydrogen) atoms. The molecule has 4 rings (SSSR count). The number of para-hydroxylation sites is 2. The van der Waals surface area contributed by atoms with Crippen molar-refractivity contribution in [3.63, 3.8) is 0 Å². The van der Waals surface area contributed by atoms with Crippen LogP contribution in [0.15, 0.2) is 54.7 Å². The molecule has 2 heterocycles. The number of aldehydes is 1. The number of carbonyl (C=O) groups is 1. The standard InChI is InChI=1S/C19H16N2O/c1-12(15-10-20-17-8-4-2-6-13(15)17)19-16(11-22)14-7-3-5-9-18(14)21-19/h2-12,20-21H,1H3. The maximum absolute atomic E-state index is 11.6. The molecule has 0 saturated heterocycles. The molecule has 0 aliphatic heterocycles. The number of fused-ring (bicyclic) bond motifs is 2. The predicted octanol–water partition coefficient (Wildman–Crippen LogP) is 4.61. The summed E-state index contributed by atoms with van der Waals surface area (Å²) in [7, 11) is 0. The summed E-state index contributed by atoms with van der Waals surface area (Å²) in [4.78, 5) is 18.3. The van der Waals surface area contributed by atoms with E-state index in [9.17, 15) is 4.79 Å². The zero-order valence-electron chi connectivity index (χ0n) is 12.3. The predicted molar refractivity (Wildman–Crippen MR) is 89.5 cm³/mol. The van der Waals surface area contributed by atoms with E-state index < -0.39 is 0 Å². The van der Waals surface area contributed by atoms with Gasteiger partial charge in [0.05, 0.1) is 0 Å². The first-order valence-electron chi connectivity index (χ1n) is 7.41. The van der Waals surface area contributed by atoms with Gasteiger partial charge in [0.1, 0.15) is 0 Å². The maximum Gasteiger partial charge on any atom is 0.152 e. The summed E-state index contributed by atoms with van der Waals surface area (Å²) in [6.07, 6.45) is 2.99. The average molecular weight is 288 g/mol. The molecule has 1 unspecified atom stereocenters. The SMILES string of the molecule is CC(c1[nH]c2ccccc2c1C=O)c1c[nH]c2ccccc12. The number of carbonyl (C=O) groups excluding carboxylic acids is 1. The van der Waals surface area contributed by atoms with Gasteiger partial charge in [-0.3, -0.25) is 4.79 Å². The Kier molecular flexibility index (Phi) is 2.86. The van der Waals surface area contributed by atoms with Crippen molar-refractivity contribution in [2.75, 3.05) is 0 Å². The first kappa shape index (κ1) is 12.9. The van der Waals surface area contributed by atoms with Crippen LogP contribution >= 0.6 is 0 Å². The molecule has 4 aromatic rings. The zero-order valence-corrected chi connectivity index (χ0v) is 12.3. The van der Waals surface area contributed by atoms with E-state index in [1.165, 1.54) is 10.9 Å². The topological polar surface area (TPSA) is 48.6 Å². The van der Waals surface area contributed by atoms with Crippen LogP contribution in [-0.2, 0) is 0 Å². The Balaban J connectivity index is 1.93. The lowest BCUT2D eigenvalue weighted by atomic mass is 9.94. The van der Waals surface area contributed by atoms with E-state index in [0.29, 0.717) is 0 Å². The second kappa shape index (κ2) is 4.88. The Hall–Kier alpha value is -2.81. The smallest absolute Gasteiger partial charge is 0.152 e. The molecular formula is C19H16N2O. The number of aromatic amines is 2. The summed E-state index contributed by atoms with van der Waals surface area (Å²) < 4.78 is 0. The van der Waals surface area contributed by atoms with E-state index in [1.807, 2.05) is 42.6 Å². The second-order valence-corrected chi connectivity index (χ2v) is 5.63. The maximum atomic E-state index is 11.6. The summed E-state index contributed by atoms with van der Waals surface area (Å²) in [5, 5.41) is 2.18. The Morgan fingerprint density at radius 1 is 0.955 bits per heavy atom. The first-order chi connectivity index (χ1) is 10.8. The number of nitrogens with one attached hydrogen (secondary N) is 2. The fourth-order valence-electron chi connectivity index (χ4n) is 3.26. The molecule has 2 N–H and O–H groups in total. The summed E-state index contributed by atoms with van der Waals surface area (Å²) in [6, 6.07) is 16.2. The highest BCUT2D eigenvalue weighted by atomic mass is 16.1. The number of hydrogen-bond acceptors (Lipinski definition) is 1. The molecular weight excluding hydrogens is 272 g/mol. The Morgan fingerprint density at radius 3 is 2.41 bits per heavy atom. The van der Waals surface area contributed by atoms with Crippen molar-refractivity contribution in [2.24, 2.45) is 0 Å². The van der Waals surface area contributed by atoms with E-state index in [1.54, 1.807) is 0 Å². The Bertz CT molecular complexity index is 977. The van der Waals surface area contributed by atoms with Crippen molar-refractivity contribution < 1.29 is 4.79 Å².